The van der Waals surface area contributed by atoms with Gasteiger partial charge in [0.15, 0.2) is 0 Å². The number of fused-ring (bicyclic) bond motifs is 1. The van der Waals surface area contributed by atoms with Gasteiger partial charge in [0.25, 0.3) is 0 Å². The Hall–Kier alpha value is -3.22. The van der Waals surface area contributed by atoms with Crippen LogP contribution < -0.4 is 21.1 Å². The van der Waals surface area contributed by atoms with Gasteiger partial charge in [0.2, 0.25) is 0 Å². The molecule has 4 N–H and O–H groups in total. The number of aromatic amines is 2. The standard InChI is InChI=1S/C15H14N4O3/c1-22-11-5-2-9(3-6-11)16-14(20)17-10-4-7-12-13(8-10)19-15(21)18-12/h2-8H,1H3,(H2,16,17,20)(H2,18,19,21). The molecule has 112 valence electrons. The summed E-state index contributed by atoms with van der Waals surface area (Å²) in [6.07, 6.45) is 0. The zero-order valence-electron chi connectivity index (χ0n) is 11.8. The zero-order chi connectivity index (χ0) is 15.5. The summed E-state index contributed by atoms with van der Waals surface area (Å²) >= 11 is 0. The second-order valence-corrected chi connectivity index (χ2v) is 4.65. The highest BCUT2D eigenvalue weighted by Gasteiger charge is 2.05. The molecule has 0 spiro atoms. The molecule has 3 rings (SSSR count). The highest BCUT2D eigenvalue weighted by atomic mass is 16.5. The largest absolute Gasteiger partial charge is 0.497 e. The number of methoxy groups -OCH3 is 1. The van der Waals surface area contributed by atoms with E-state index in [9.17, 15) is 9.59 Å². The SMILES string of the molecule is COc1ccc(NC(=O)Nc2ccc3[nH]c(=O)[nH]c3c2)cc1. The Morgan fingerprint density at radius 3 is 2.32 bits per heavy atom. The Bertz CT molecular complexity index is 864. The first-order valence-corrected chi connectivity index (χ1v) is 6.58. The fraction of sp³-hybridized carbons (Fsp3) is 0.0667. The van der Waals surface area contributed by atoms with Crippen LogP contribution in [0.3, 0.4) is 0 Å². The number of anilines is 2. The molecule has 22 heavy (non-hydrogen) atoms. The van der Waals surface area contributed by atoms with Crippen molar-refractivity contribution in [3.05, 3.63) is 52.9 Å². The number of rotatable bonds is 3. The van der Waals surface area contributed by atoms with E-state index < -0.39 is 0 Å². The number of H-pyrrole nitrogens is 2. The molecular formula is C15H14N4O3. The van der Waals surface area contributed by atoms with Gasteiger partial charge in [0, 0.05) is 11.4 Å². The molecule has 0 atom stereocenters. The van der Waals surface area contributed by atoms with Gasteiger partial charge in [-0.15, -0.1) is 0 Å². The molecule has 0 fully saturated rings. The molecule has 1 heterocycles. The number of ether oxygens (including phenoxy) is 1. The number of hydrogen-bond donors (Lipinski definition) is 4. The van der Waals surface area contributed by atoms with Crippen LogP contribution in [0.15, 0.2) is 47.3 Å². The van der Waals surface area contributed by atoms with E-state index in [1.807, 2.05) is 0 Å². The second-order valence-electron chi connectivity index (χ2n) is 4.65. The number of carbonyl (C=O) groups excluding carboxylic acids is 1. The lowest BCUT2D eigenvalue weighted by Crippen LogP contribution is -2.19. The van der Waals surface area contributed by atoms with Crippen LogP contribution in [0.5, 0.6) is 5.75 Å². The third kappa shape index (κ3) is 2.93. The van der Waals surface area contributed by atoms with Gasteiger partial charge in [-0.1, -0.05) is 0 Å². The molecule has 0 aliphatic heterocycles. The maximum absolute atomic E-state index is 11.9. The Kier molecular flexibility index (Phi) is 3.53. The van der Waals surface area contributed by atoms with Crippen molar-refractivity contribution in [1.29, 1.82) is 0 Å². The minimum absolute atomic E-state index is 0.283. The predicted octanol–water partition coefficient (Wildman–Crippen LogP) is 2.51. The van der Waals surface area contributed by atoms with E-state index in [4.69, 9.17) is 4.74 Å². The molecule has 0 bridgehead atoms. The van der Waals surface area contributed by atoms with Crippen LogP contribution in [0, 0.1) is 0 Å². The van der Waals surface area contributed by atoms with Crippen LogP contribution in [-0.4, -0.2) is 23.1 Å². The van der Waals surface area contributed by atoms with E-state index in [0.717, 1.165) is 0 Å². The summed E-state index contributed by atoms with van der Waals surface area (Å²) in [5.41, 5.74) is 2.26. The molecule has 0 aliphatic carbocycles. The lowest BCUT2D eigenvalue weighted by atomic mass is 10.3. The molecule has 1 aromatic heterocycles. The number of carbonyl (C=O) groups is 1. The quantitative estimate of drug-likeness (QED) is 0.598. The average molecular weight is 298 g/mol. The van der Waals surface area contributed by atoms with Gasteiger partial charge in [-0.2, -0.15) is 0 Å². The molecule has 7 nitrogen and oxygen atoms in total. The second kappa shape index (κ2) is 5.65. The van der Waals surface area contributed by atoms with Crippen molar-refractivity contribution in [1.82, 2.24) is 9.97 Å². The van der Waals surface area contributed by atoms with Crippen molar-refractivity contribution in [3.8, 4) is 5.75 Å². The third-order valence-corrected chi connectivity index (χ3v) is 3.12. The van der Waals surface area contributed by atoms with E-state index >= 15 is 0 Å². The van der Waals surface area contributed by atoms with Crippen molar-refractivity contribution < 1.29 is 9.53 Å². The van der Waals surface area contributed by atoms with E-state index in [1.165, 1.54) is 0 Å². The molecule has 0 radical (unpaired) electrons. The van der Waals surface area contributed by atoms with E-state index in [2.05, 4.69) is 20.6 Å². The smallest absolute Gasteiger partial charge is 0.323 e. The molecule has 7 heteroatoms. The number of urea groups is 1. The molecule has 0 aliphatic rings. The topological polar surface area (TPSA) is 99.0 Å². The summed E-state index contributed by atoms with van der Waals surface area (Å²) in [6.45, 7) is 0. The van der Waals surface area contributed by atoms with Crippen LogP contribution >= 0.6 is 0 Å². The Balaban J connectivity index is 1.70. The first-order valence-electron chi connectivity index (χ1n) is 6.58. The summed E-state index contributed by atoms with van der Waals surface area (Å²) in [6, 6.07) is 11.7. The van der Waals surface area contributed by atoms with Crippen LogP contribution in [0.2, 0.25) is 0 Å². The van der Waals surface area contributed by atoms with Gasteiger partial charge in [-0.25, -0.2) is 9.59 Å². The highest BCUT2D eigenvalue weighted by molar-refractivity contribution is 6.00. The summed E-state index contributed by atoms with van der Waals surface area (Å²) in [7, 11) is 1.58. The molecule has 0 unspecified atom stereocenters. The fourth-order valence-corrected chi connectivity index (χ4v) is 2.08. The maximum atomic E-state index is 11.9. The first-order chi connectivity index (χ1) is 10.6. The van der Waals surface area contributed by atoms with E-state index in [-0.39, 0.29) is 11.7 Å². The summed E-state index contributed by atoms with van der Waals surface area (Å²) in [5, 5.41) is 5.41. The minimum Gasteiger partial charge on any atom is -0.497 e. The van der Waals surface area contributed by atoms with E-state index in [1.54, 1.807) is 49.6 Å². The van der Waals surface area contributed by atoms with Crippen LogP contribution in [0.25, 0.3) is 11.0 Å². The highest BCUT2D eigenvalue weighted by Crippen LogP contribution is 2.17. The summed E-state index contributed by atoms with van der Waals surface area (Å²) in [4.78, 5) is 28.4. The molecule has 0 saturated carbocycles. The number of hydrogen-bond acceptors (Lipinski definition) is 3. The van der Waals surface area contributed by atoms with Crippen LogP contribution in [0.4, 0.5) is 16.2 Å². The Labute approximate surface area is 125 Å². The number of benzene rings is 2. The van der Waals surface area contributed by atoms with Gasteiger partial charge >= 0.3 is 11.7 Å². The predicted molar refractivity (Wildman–Crippen MR) is 84.6 cm³/mol. The molecule has 0 saturated heterocycles. The van der Waals surface area contributed by atoms with Gasteiger partial charge < -0.3 is 25.3 Å². The Morgan fingerprint density at radius 2 is 1.59 bits per heavy atom. The van der Waals surface area contributed by atoms with Gasteiger partial charge in [-0.3, -0.25) is 0 Å². The van der Waals surface area contributed by atoms with Gasteiger partial charge in [0.05, 0.1) is 18.1 Å². The minimum atomic E-state index is -0.373. The van der Waals surface area contributed by atoms with Crippen LogP contribution in [0.1, 0.15) is 0 Å². The van der Waals surface area contributed by atoms with Crippen molar-refractivity contribution in [2.75, 3.05) is 17.7 Å². The molecule has 2 amide bonds. The molecular weight excluding hydrogens is 284 g/mol. The third-order valence-electron chi connectivity index (χ3n) is 3.12. The molecule has 2 aromatic carbocycles. The van der Waals surface area contributed by atoms with E-state index in [0.29, 0.717) is 28.2 Å². The summed E-state index contributed by atoms with van der Waals surface area (Å²) < 4.78 is 5.05. The van der Waals surface area contributed by atoms with Crippen LogP contribution in [-0.2, 0) is 0 Å². The zero-order valence-corrected chi connectivity index (χ0v) is 11.8. The number of aromatic nitrogens is 2. The van der Waals surface area contributed by atoms with Crippen molar-refractivity contribution in [2.45, 2.75) is 0 Å². The normalized spacial score (nSPS) is 10.4. The van der Waals surface area contributed by atoms with Gasteiger partial charge in [-0.05, 0) is 42.5 Å². The Morgan fingerprint density at radius 1 is 0.955 bits per heavy atom. The average Bonchev–Trinajstić information content (AvgIpc) is 2.87. The number of amides is 2. The summed E-state index contributed by atoms with van der Waals surface area (Å²) in [5.74, 6) is 0.716. The van der Waals surface area contributed by atoms with Crippen molar-refractivity contribution in [3.63, 3.8) is 0 Å². The number of nitrogens with one attached hydrogen (secondary N) is 4. The van der Waals surface area contributed by atoms with Crippen molar-refractivity contribution in [2.24, 2.45) is 0 Å². The lowest BCUT2D eigenvalue weighted by molar-refractivity contribution is 0.262. The first kappa shape index (κ1) is 13.7. The lowest BCUT2D eigenvalue weighted by Gasteiger charge is -2.08. The van der Waals surface area contributed by atoms with Gasteiger partial charge in [0.1, 0.15) is 5.75 Å². The van der Waals surface area contributed by atoms with Crippen molar-refractivity contribution >= 4 is 28.4 Å². The monoisotopic (exact) mass is 298 g/mol. The number of imidazole rings is 1. The molecule has 3 aromatic rings. The fourth-order valence-electron chi connectivity index (χ4n) is 2.08. The maximum Gasteiger partial charge on any atom is 0.323 e.